The number of hydrazone groups is 1. The topological polar surface area (TPSA) is 64.0 Å². The van der Waals surface area contributed by atoms with Crippen LogP contribution < -0.4 is 14.5 Å². The number of methoxy groups -OCH3 is 1. The third-order valence-corrected chi connectivity index (χ3v) is 5.56. The Bertz CT molecular complexity index is 1250. The van der Waals surface area contributed by atoms with Crippen molar-refractivity contribution in [3.63, 3.8) is 0 Å². The highest BCUT2D eigenvalue weighted by Crippen LogP contribution is 2.31. The van der Waals surface area contributed by atoms with Crippen molar-refractivity contribution in [2.75, 3.05) is 18.7 Å². The third kappa shape index (κ3) is 4.76. The van der Waals surface area contributed by atoms with E-state index in [1.165, 1.54) is 28.5 Å². The van der Waals surface area contributed by atoms with Crippen LogP contribution in [0.2, 0.25) is 0 Å². The van der Waals surface area contributed by atoms with Crippen LogP contribution in [-0.2, 0) is 0 Å². The molecule has 0 saturated carbocycles. The number of amides is 1. The molecule has 0 aliphatic carbocycles. The fourth-order valence-electron chi connectivity index (χ4n) is 2.96. The smallest absolute Gasteiger partial charge is 0.280 e. The summed E-state index contributed by atoms with van der Waals surface area (Å²) in [6.07, 6.45) is 1.57. The number of aromatic nitrogens is 1. The Morgan fingerprint density at radius 1 is 1.09 bits per heavy atom. The number of anilines is 1. The van der Waals surface area contributed by atoms with Crippen LogP contribution in [0.1, 0.15) is 22.8 Å². The zero-order valence-electron chi connectivity index (χ0n) is 17.5. The van der Waals surface area contributed by atoms with Gasteiger partial charge >= 0.3 is 0 Å². The normalized spacial score (nSPS) is 11.1. The Kier molecular flexibility index (Phi) is 6.42. The standard InChI is InChI=1S/C24H20FN3O3S/c1-3-31-20-11-6-17(7-12-20)23(29)28(26-15-16-4-9-19(30-2)10-5-16)24-27-21-13-8-18(25)14-22(21)32-24/h4-15H,3H2,1-2H3/b26-15+. The summed E-state index contributed by atoms with van der Waals surface area (Å²) in [5, 5.41) is 5.98. The second kappa shape index (κ2) is 9.57. The molecule has 162 valence electrons. The van der Waals surface area contributed by atoms with Crippen molar-refractivity contribution >= 4 is 38.8 Å². The predicted octanol–water partition coefficient (Wildman–Crippen LogP) is 5.52. The molecule has 1 heterocycles. The first kappa shape index (κ1) is 21.5. The summed E-state index contributed by atoms with van der Waals surface area (Å²) in [5.41, 5.74) is 1.80. The van der Waals surface area contributed by atoms with Crippen molar-refractivity contribution in [3.05, 3.63) is 83.7 Å². The minimum absolute atomic E-state index is 0.342. The quantitative estimate of drug-likeness (QED) is 0.275. The minimum atomic E-state index is -0.364. The average Bonchev–Trinajstić information content (AvgIpc) is 3.23. The van der Waals surface area contributed by atoms with Gasteiger partial charge in [-0.25, -0.2) is 9.37 Å². The molecule has 0 unspecified atom stereocenters. The summed E-state index contributed by atoms with van der Waals surface area (Å²) in [4.78, 5) is 17.8. The van der Waals surface area contributed by atoms with Gasteiger partial charge < -0.3 is 9.47 Å². The average molecular weight is 450 g/mol. The lowest BCUT2D eigenvalue weighted by atomic mass is 10.2. The Morgan fingerprint density at radius 2 is 1.81 bits per heavy atom. The van der Waals surface area contributed by atoms with Gasteiger partial charge in [0.05, 0.1) is 30.1 Å². The maximum Gasteiger partial charge on any atom is 0.280 e. The van der Waals surface area contributed by atoms with Crippen molar-refractivity contribution in [2.24, 2.45) is 5.10 Å². The van der Waals surface area contributed by atoms with Crippen molar-refractivity contribution in [2.45, 2.75) is 6.92 Å². The van der Waals surface area contributed by atoms with Gasteiger partial charge in [-0.1, -0.05) is 11.3 Å². The van der Waals surface area contributed by atoms with Crippen LogP contribution >= 0.6 is 11.3 Å². The minimum Gasteiger partial charge on any atom is -0.497 e. The van der Waals surface area contributed by atoms with E-state index in [0.717, 1.165) is 11.3 Å². The molecule has 0 fully saturated rings. The molecule has 1 amide bonds. The molecule has 0 bridgehead atoms. The molecule has 0 saturated heterocycles. The molecule has 1 aromatic heterocycles. The van der Waals surface area contributed by atoms with Gasteiger partial charge in [0, 0.05) is 5.56 Å². The highest BCUT2D eigenvalue weighted by Gasteiger charge is 2.21. The molecule has 0 N–H and O–H groups in total. The van der Waals surface area contributed by atoms with Crippen molar-refractivity contribution in [3.8, 4) is 11.5 Å². The number of fused-ring (bicyclic) bond motifs is 1. The molecule has 0 aliphatic rings. The molecule has 6 nitrogen and oxygen atoms in total. The van der Waals surface area contributed by atoms with Crippen LogP contribution in [-0.4, -0.2) is 30.8 Å². The van der Waals surface area contributed by atoms with Crippen LogP contribution in [0.4, 0.5) is 9.52 Å². The Balaban J connectivity index is 1.70. The maximum atomic E-state index is 13.6. The summed E-state index contributed by atoms with van der Waals surface area (Å²) < 4.78 is 24.9. The van der Waals surface area contributed by atoms with Gasteiger partial charge in [0.25, 0.3) is 5.91 Å². The van der Waals surface area contributed by atoms with Gasteiger partial charge in [-0.15, -0.1) is 0 Å². The first-order valence-corrected chi connectivity index (χ1v) is 10.7. The molecular weight excluding hydrogens is 429 g/mol. The van der Waals surface area contributed by atoms with E-state index in [-0.39, 0.29) is 11.7 Å². The number of thiazole rings is 1. The fraction of sp³-hybridized carbons (Fsp3) is 0.125. The molecule has 0 aliphatic heterocycles. The number of halogens is 1. The van der Waals surface area contributed by atoms with E-state index in [1.54, 1.807) is 55.8 Å². The number of rotatable bonds is 7. The van der Waals surface area contributed by atoms with Gasteiger partial charge in [-0.3, -0.25) is 4.79 Å². The summed E-state index contributed by atoms with van der Waals surface area (Å²) >= 11 is 1.19. The molecule has 0 spiro atoms. The predicted molar refractivity (Wildman–Crippen MR) is 125 cm³/mol. The van der Waals surface area contributed by atoms with E-state index in [0.29, 0.717) is 33.3 Å². The van der Waals surface area contributed by atoms with E-state index < -0.39 is 0 Å². The van der Waals surface area contributed by atoms with Crippen LogP contribution in [0, 0.1) is 5.82 Å². The molecule has 4 rings (SSSR count). The zero-order chi connectivity index (χ0) is 22.5. The number of hydrogen-bond donors (Lipinski definition) is 0. The zero-order valence-corrected chi connectivity index (χ0v) is 18.3. The van der Waals surface area contributed by atoms with Gasteiger partial charge in [-0.2, -0.15) is 10.1 Å². The summed E-state index contributed by atoms with van der Waals surface area (Å²) in [7, 11) is 1.59. The van der Waals surface area contributed by atoms with E-state index in [1.807, 2.05) is 19.1 Å². The van der Waals surface area contributed by atoms with Crippen molar-refractivity contribution < 1.29 is 18.7 Å². The fourth-order valence-corrected chi connectivity index (χ4v) is 3.91. The van der Waals surface area contributed by atoms with E-state index in [9.17, 15) is 9.18 Å². The Hall–Kier alpha value is -3.78. The van der Waals surface area contributed by atoms with E-state index in [4.69, 9.17) is 9.47 Å². The van der Waals surface area contributed by atoms with Crippen LogP contribution in [0.25, 0.3) is 10.2 Å². The number of ether oxygens (including phenoxy) is 2. The van der Waals surface area contributed by atoms with Crippen LogP contribution in [0.3, 0.4) is 0 Å². The largest absolute Gasteiger partial charge is 0.497 e. The lowest BCUT2D eigenvalue weighted by Gasteiger charge is -2.14. The van der Waals surface area contributed by atoms with Crippen LogP contribution in [0.5, 0.6) is 11.5 Å². The molecule has 0 radical (unpaired) electrons. The Labute approximate surface area is 188 Å². The highest BCUT2D eigenvalue weighted by atomic mass is 32.1. The van der Waals surface area contributed by atoms with Crippen molar-refractivity contribution in [1.82, 2.24) is 4.98 Å². The molecule has 8 heteroatoms. The van der Waals surface area contributed by atoms with Gasteiger partial charge in [-0.05, 0) is 79.2 Å². The number of carbonyl (C=O) groups is 1. The van der Waals surface area contributed by atoms with Gasteiger partial charge in [0.2, 0.25) is 5.13 Å². The summed E-state index contributed by atoms with van der Waals surface area (Å²) in [6, 6.07) is 18.4. The highest BCUT2D eigenvalue weighted by molar-refractivity contribution is 7.22. The number of nitrogens with zero attached hydrogens (tertiary/aromatic N) is 3. The number of hydrogen-bond acceptors (Lipinski definition) is 6. The van der Waals surface area contributed by atoms with E-state index >= 15 is 0 Å². The number of benzene rings is 3. The second-order valence-corrected chi connectivity index (χ2v) is 7.71. The van der Waals surface area contributed by atoms with Crippen LogP contribution in [0.15, 0.2) is 71.8 Å². The summed E-state index contributed by atoms with van der Waals surface area (Å²) in [5.74, 6) is 0.668. The lowest BCUT2D eigenvalue weighted by Crippen LogP contribution is -2.25. The first-order valence-electron chi connectivity index (χ1n) is 9.89. The summed E-state index contributed by atoms with van der Waals surface area (Å²) in [6.45, 7) is 2.43. The molecule has 32 heavy (non-hydrogen) atoms. The lowest BCUT2D eigenvalue weighted by molar-refractivity contribution is 0.0988. The first-order chi connectivity index (χ1) is 15.6. The van der Waals surface area contributed by atoms with Crippen molar-refractivity contribution in [1.29, 1.82) is 0 Å². The molecular formula is C24H20FN3O3S. The van der Waals surface area contributed by atoms with Gasteiger partial charge in [0.1, 0.15) is 17.3 Å². The SMILES string of the molecule is CCOc1ccc(C(=O)N(/N=C/c2ccc(OC)cc2)c2nc3ccc(F)cc3s2)cc1. The monoisotopic (exact) mass is 449 g/mol. The number of carbonyl (C=O) groups excluding carboxylic acids is 1. The second-order valence-electron chi connectivity index (χ2n) is 6.70. The van der Waals surface area contributed by atoms with Gasteiger partial charge in [0.15, 0.2) is 0 Å². The molecule has 4 aromatic rings. The van der Waals surface area contributed by atoms with E-state index in [2.05, 4.69) is 10.1 Å². The third-order valence-electron chi connectivity index (χ3n) is 4.56. The Morgan fingerprint density at radius 3 is 2.50 bits per heavy atom. The maximum absolute atomic E-state index is 13.6. The molecule has 0 atom stereocenters. The molecule has 3 aromatic carbocycles.